The zero-order valence-electron chi connectivity index (χ0n) is 18.5. The van der Waals surface area contributed by atoms with E-state index in [1.54, 1.807) is 0 Å². The van der Waals surface area contributed by atoms with Crippen molar-refractivity contribution in [1.82, 2.24) is 20.2 Å². The van der Waals surface area contributed by atoms with Crippen LogP contribution in [0.3, 0.4) is 0 Å². The minimum atomic E-state index is 0. The fourth-order valence-corrected chi connectivity index (χ4v) is 3.90. The molecule has 2 N–H and O–H groups in total. The number of hydrogen-bond acceptors (Lipinski definition) is 4. The van der Waals surface area contributed by atoms with E-state index in [9.17, 15) is 5.26 Å². The molecule has 1 aliphatic rings. The third-order valence-electron chi connectivity index (χ3n) is 5.47. The van der Waals surface area contributed by atoms with E-state index in [0.29, 0.717) is 6.04 Å². The highest BCUT2D eigenvalue weighted by atomic mass is 127. The van der Waals surface area contributed by atoms with Crippen LogP contribution in [-0.4, -0.2) is 47.7 Å². The molecule has 2 aromatic rings. The molecule has 0 spiro atoms. The first-order chi connectivity index (χ1) is 14.7. The molecule has 0 amide bonds. The highest BCUT2D eigenvalue weighted by Gasteiger charge is 2.22. The fourth-order valence-electron chi connectivity index (χ4n) is 3.90. The summed E-state index contributed by atoms with van der Waals surface area (Å²) in [5.74, 6) is 1.95. The lowest BCUT2D eigenvalue weighted by Crippen LogP contribution is -2.51. The van der Waals surface area contributed by atoms with Gasteiger partial charge in [-0.05, 0) is 51.7 Å². The quantitative estimate of drug-likeness (QED) is 0.233. The number of piperidine rings is 1. The number of benzene rings is 1. The van der Waals surface area contributed by atoms with E-state index in [2.05, 4.69) is 38.1 Å². The maximum absolute atomic E-state index is 9.42. The molecule has 1 saturated heterocycles. The number of aryl methyl sites for hydroxylation is 2. The molecular formula is C23H34IN7. The Kier molecular flexibility index (Phi) is 10.6. The van der Waals surface area contributed by atoms with Gasteiger partial charge in [-0.15, -0.1) is 24.0 Å². The van der Waals surface area contributed by atoms with Gasteiger partial charge in [0.05, 0.1) is 11.3 Å². The van der Waals surface area contributed by atoms with Crippen molar-refractivity contribution in [3.05, 3.63) is 48.0 Å². The zero-order valence-corrected chi connectivity index (χ0v) is 20.9. The van der Waals surface area contributed by atoms with Crippen LogP contribution in [0.4, 0.5) is 5.69 Å². The molecule has 0 aliphatic carbocycles. The maximum atomic E-state index is 9.42. The van der Waals surface area contributed by atoms with E-state index >= 15 is 0 Å². The number of hydrogen-bond donors (Lipinski definition) is 2. The number of nitrogens with one attached hydrogen (secondary N) is 2. The van der Waals surface area contributed by atoms with Crippen LogP contribution in [0.1, 0.15) is 44.0 Å². The molecule has 1 aromatic heterocycles. The smallest absolute Gasteiger partial charge is 0.191 e. The number of anilines is 1. The van der Waals surface area contributed by atoms with Crippen LogP contribution < -0.4 is 15.5 Å². The summed E-state index contributed by atoms with van der Waals surface area (Å²) in [6.07, 6.45) is 8.21. The molecule has 3 rings (SSSR count). The summed E-state index contributed by atoms with van der Waals surface area (Å²) in [5.41, 5.74) is 1.77. The van der Waals surface area contributed by atoms with Crippen LogP contribution in [0.2, 0.25) is 0 Å². The normalized spacial score (nSPS) is 16.4. The number of imidazole rings is 1. The average Bonchev–Trinajstić information content (AvgIpc) is 3.18. The van der Waals surface area contributed by atoms with E-state index in [1.807, 2.05) is 43.6 Å². The van der Waals surface area contributed by atoms with Gasteiger partial charge in [-0.25, -0.2) is 4.98 Å². The van der Waals surface area contributed by atoms with Crippen LogP contribution >= 0.6 is 24.0 Å². The van der Waals surface area contributed by atoms with Crippen molar-refractivity contribution >= 4 is 35.6 Å². The predicted octanol–water partition coefficient (Wildman–Crippen LogP) is 3.69. The number of nitriles is 1. The van der Waals surface area contributed by atoms with Crippen molar-refractivity contribution in [1.29, 1.82) is 5.26 Å². The summed E-state index contributed by atoms with van der Waals surface area (Å²) in [5, 5.41) is 16.4. The lowest BCUT2D eigenvalue weighted by molar-refractivity contribution is 0.467. The Labute approximate surface area is 203 Å². The van der Waals surface area contributed by atoms with Crippen LogP contribution in [-0.2, 0) is 6.54 Å². The number of aromatic nitrogens is 2. The molecule has 1 unspecified atom stereocenters. The van der Waals surface area contributed by atoms with Gasteiger partial charge in [-0.2, -0.15) is 5.26 Å². The van der Waals surface area contributed by atoms with Crippen LogP contribution in [0.25, 0.3) is 0 Å². The first kappa shape index (κ1) is 25.0. The van der Waals surface area contributed by atoms with Crippen molar-refractivity contribution in [3.63, 3.8) is 0 Å². The Balaban J connectivity index is 0.00000341. The SMILES string of the molecule is CCNC(=NCCCCn1ccnc1C)NC1CCCN(c2ccccc2C#N)C1.I. The summed E-state index contributed by atoms with van der Waals surface area (Å²) in [7, 11) is 0. The fraction of sp³-hybridized carbons (Fsp3) is 0.522. The summed E-state index contributed by atoms with van der Waals surface area (Å²) in [6.45, 7) is 8.62. The average molecular weight is 535 g/mol. The van der Waals surface area contributed by atoms with Crippen molar-refractivity contribution in [2.75, 3.05) is 31.1 Å². The predicted molar refractivity (Wildman–Crippen MR) is 137 cm³/mol. The third kappa shape index (κ3) is 7.42. The van der Waals surface area contributed by atoms with Crippen LogP contribution in [0, 0.1) is 18.3 Å². The molecule has 7 nitrogen and oxygen atoms in total. The minimum Gasteiger partial charge on any atom is -0.368 e. The summed E-state index contributed by atoms with van der Waals surface area (Å²) in [6, 6.07) is 10.5. The molecule has 168 valence electrons. The monoisotopic (exact) mass is 535 g/mol. The van der Waals surface area contributed by atoms with E-state index in [0.717, 1.165) is 81.4 Å². The molecule has 1 atom stereocenters. The van der Waals surface area contributed by atoms with Gasteiger partial charge < -0.3 is 20.1 Å². The number of aliphatic imine (C=N–C) groups is 1. The van der Waals surface area contributed by atoms with Gasteiger partial charge in [0.25, 0.3) is 0 Å². The minimum absolute atomic E-state index is 0. The van der Waals surface area contributed by atoms with Gasteiger partial charge in [-0.3, -0.25) is 4.99 Å². The molecule has 1 aliphatic heterocycles. The van der Waals surface area contributed by atoms with Gasteiger partial charge in [0.2, 0.25) is 0 Å². The van der Waals surface area contributed by atoms with Crippen molar-refractivity contribution in [3.8, 4) is 6.07 Å². The lowest BCUT2D eigenvalue weighted by Gasteiger charge is -2.35. The largest absolute Gasteiger partial charge is 0.368 e. The number of guanidine groups is 1. The lowest BCUT2D eigenvalue weighted by atomic mass is 10.0. The summed E-state index contributed by atoms with van der Waals surface area (Å²) < 4.78 is 2.18. The highest BCUT2D eigenvalue weighted by molar-refractivity contribution is 14.0. The number of halogens is 1. The topological polar surface area (TPSA) is 81.3 Å². The summed E-state index contributed by atoms with van der Waals surface area (Å²) >= 11 is 0. The first-order valence-corrected chi connectivity index (χ1v) is 11.0. The molecule has 0 saturated carbocycles. The Morgan fingerprint density at radius 3 is 2.90 bits per heavy atom. The third-order valence-corrected chi connectivity index (χ3v) is 5.47. The van der Waals surface area contributed by atoms with E-state index in [4.69, 9.17) is 4.99 Å². The molecule has 0 bridgehead atoms. The number of unbranched alkanes of at least 4 members (excludes halogenated alkanes) is 1. The second kappa shape index (κ2) is 13.2. The molecular weight excluding hydrogens is 501 g/mol. The number of para-hydroxylation sites is 1. The van der Waals surface area contributed by atoms with E-state index in [-0.39, 0.29) is 24.0 Å². The van der Waals surface area contributed by atoms with E-state index < -0.39 is 0 Å². The first-order valence-electron chi connectivity index (χ1n) is 11.0. The molecule has 8 heteroatoms. The van der Waals surface area contributed by atoms with Crippen molar-refractivity contribution in [2.24, 2.45) is 4.99 Å². The second-order valence-corrected chi connectivity index (χ2v) is 7.69. The molecule has 1 aromatic carbocycles. The van der Waals surface area contributed by atoms with Gasteiger partial charge >= 0.3 is 0 Å². The van der Waals surface area contributed by atoms with Crippen LogP contribution in [0.5, 0.6) is 0 Å². The van der Waals surface area contributed by atoms with E-state index in [1.165, 1.54) is 0 Å². The van der Waals surface area contributed by atoms with Crippen LogP contribution in [0.15, 0.2) is 41.7 Å². The number of rotatable bonds is 8. The molecule has 0 radical (unpaired) electrons. The molecule has 1 fully saturated rings. The Morgan fingerprint density at radius 1 is 1.32 bits per heavy atom. The summed E-state index contributed by atoms with van der Waals surface area (Å²) in [4.78, 5) is 11.4. The van der Waals surface area contributed by atoms with Crippen molar-refractivity contribution in [2.45, 2.75) is 52.1 Å². The molecule has 2 heterocycles. The standard InChI is InChI=1S/C23H33N7.HI/c1-3-25-23(27-12-6-7-14-29-16-13-26-19(29)2)28-21-10-8-15-30(18-21)22-11-5-4-9-20(22)17-24;/h4-5,9,11,13,16,21H,3,6-8,10,12,14-15,18H2,1-2H3,(H2,25,27,28);1H. The zero-order chi connectivity index (χ0) is 21.2. The maximum Gasteiger partial charge on any atom is 0.191 e. The second-order valence-electron chi connectivity index (χ2n) is 7.69. The van der Waals surface area contributed by atoms with Gasteiger partial charge in [0.1, 0.15) is 11.9 Å². The molecule has 31 heavy (non-hydrogen) atoms. The Morgan fingerprint density at radius 2 is 2.16 bits per heavy atom. The van der Waals surface area contributed by atoms with Gasteiger partial charge in [0.15, 0.2) is 5.96 Å². The van der Waals surface area contributed by atoms with Gasteiger partial charge in [-0.1, -0.05) is 12.1 Å². The number of nitrogens with zero attached hydrogens (tertiary/aromatic N) is 5. The Bertz CT molecular complexity index is 871. The highest BCUT2D eigenvalue weighted by Crippen LogP contribution is 2.23. The Hall–Kier alpha value is -2.28. The van der Waals surface area contributed by atoms with Crippen molar-refractivity contribution < 1.29 is 0 Å². The van der Waals surface area contributed by atoms with Gasteiger partial charge in [0, 0.05) is 51.2 Å².